The van der Waals surface area contributed by atoms with Gasteiger partial charge in [-0.25, -0.2) is 0 Å². The molecule has 3 heterocycles. The molecule has 0 aromatic carbocycles. The molecule has 0 radical (unpaired) electrons. The van der Waals surface area contributed by atoms with E-state index >= 15 is 0 Å². The van der Waals surface area contributed by atoms with Crippen molar-refractivity contribution in [1.82, 2.24) is 14.8 Å². The monoisotopic (exact) mass is 444 g/mol. The first-order chi connectivity index (χ1) is 15.1. The number of fused-ring (bicyclic) bond motifs is 1. The van der Waals surface area contributed by atoms with Gasteiger partial charge in [0.05, 0.1) is 24.8 Å². The van der Waals surface area contributed by atoms with Gasteiger partial charge in [0.15, 0.2) is 0 Å². The Morgan fingerprint density at radius 1 is 1.26 bits per heavy atom. The highest BCUT2D eigenvalue weighted by molar-refractivity contribution is 7.17. The summed E-state index contributed by atoms with van der Waals surface area (Å²) in [5, 5.41) is 6.71. The topological polar surface area (TPSA) is 75.6 Å². The van der Waals surface area contributed by atoms with E-state index in [0.29, 0.717) is 30.3 Å². The Kier molecular flexibility index (Phi) is 7.09. The third-order valence-corrected chi connectivity index (χ3v) is 7.49. The Bertz CT molecular complexity index is 935. The summed E-state index contributed by atoms with van der Waals surface area (Å²) >= 11 is 1.57. The molecule has 168 valence electrons. The third-order valence-electron chi connectivity index (χ3n) is 6.28. The molecule has 2 amide bonds. The van der Waals surface area contributed by atoms with Gasteiger partial charge in [0, 0.05) is 37.5 Å². The number of methoxy groups -OCH3 is 1. The molecule has 1 unspecified atom stereocenters. The SMILES string of the molecule is COCCNC(=O)c1c(NC(=O)CN2CCCC2c2cccn2C)sc2c1CCCC2. The molecule has 7 nitrogen and oxygen atoms in total. The summed E-state index contributed by atoms with van der Waals surface area (Å²) in [6.07, 6.45) is 8.30. The molecule has 0 saturated carbocycles. The molecule has 2 aromatic rings. The molecule has 4 rings (SSSR count). The molecule has 2 aromatic heterocycles. The van der Waals surface area contributed by atoms with Crippen molar-refractivity contribution in [3.63, 3.8) is 0 Å². The molecule has 1 aliphatic heterocycles. The maximum Gasteiger partial charge on any atom is 0.254 e. The predicted molar refractivity (Wildman–Crippen MR) is 123 cm³/mol. The Morgan fingerprint density at radius 2 is 2.10 bits per heavy atom. The molecule has 2 aliphatic rings. The Balaban J connectivity index is 1.48. The van der Waals surface area contributed by atoms with Crippen LogP contribution in [0.4, 0.5) is 5.00 Å². The number of aromatic nitrogens is 1. The average molecular weight is 445 g/mol. The molecular formula is C23H32N4O3S. The van der Waals surface area contributed by atoms with Crippen molar-refractivity contribution in [3.05, 3.63) is 40.0 Å². The molecule has 31 heavy (non-hydrogen) atoms. The van der Waals surface area contributed by atoms with Crippen LogP contribution in [0.25, 0.3) is 0 Å². The van der Waals surface area contributed by atoms with Crippen molar-refractivity contribution >= 4 is 28.2 Å². The maximum atomic E-state index is 13.0. The zero-order valence-electron chi connectivity index (χ0n) is 18.4. The van der Waals surface area contributed by atoms with Crippen LogP contribution in [0, 0.1) is 0 Å². The van der Waals surface area contributed by atoms with Gasteiger partial charge in [-0.2, -0.15) is 0 Å². The number of amides is 2. The first-order valence-electron chi connectivity index (χ1n) is 11.1. The second kappa shape index (κ2) is 9.97. The van der Waals surface area contributed by atoms with Crippen LogP contribution >= 0.6 is 11.3 Å². The van der Waals surface area contributed by atoms with Gasteiger partial charge in [-0.15, -0.1) is 11.3 Å². The number of hydrogen-bond donors (Lipinski definition) is 2. The Hall–Kier alpha value is -2.16. The van der Waals surface area contributed by atoms with Gasteiger partial charge >= 0.3 is 0 Å². The summed E-state index contributed by atoms with van der Waals surface area (Å²) in [6, 6.07) is 4.45. The highest BCUT2D eigenvalue weighted by Crippen LogP contribution is 2.38. The van der Waals surface area contributed by atoms with E-state index in [2.05, 4.69) is 45.5 Å². The number of nitrogens with one attached hydrogen (secondary N) is 2. The lowest BCUT2D eigenvalue weighted by Crippen LogP contribution is -2.34. The molecule has 8 heteroatoms. The molecule has 0 bridgehead atoms. The minimum absolute atomic E-state index is 0.0503. The lowest BCUT2D eigenvalue weighted by Gasteiger charge is -2.24. The van der Waals surface area contributed by atoms with Crippen molar-refractivity contribution < 1.29 is 14.3 Å². The lowest BCUT2D eigenvalue weighted by atomic mass is 9.95. The van der Waals surface area contributed by atoms with Crippen molar-refractivity contribution in [2.24, 2.45) is 7.05 Å². The second-order valence-corrected chi connectivity index (χ2v) is 9.49. The van der Waals surface area contributed by atoms with Gasteiger partial charge < -0.3 is 19.9 Å². The number of rotatable bonds is 8. The van der Waals surface area contributed by atoms with Crippen molar-refractivity contribution in [2.45, 2.75) is 44.6 Å². The van der Waals surface area contributed by atoms with Crippen LogP contribution in [0.3, 0.4) is 0 Å². The number of ether oxygens (including phenoxy) is 1. The van der Waals surface area contributed by atoms with E-state index in [1.165, 1.54) is 10.6 Å². The van der Waals surface area contributed by atoms with Crippen LogP contribution in [0.1, 0.15) is 58.2 Å². The number of carbonyl (C=O) groups excluding carboxylic acids is 2. The summed E-state index contributed by atoms with van der Waals surface area (Å²) in [7, 11) is 3.67. The molecule has 1 saturated heterocycles. The minimum Gasteiger partial charge on any atom is -0.383 e. The molecule has 1 aliphatic carbocycles. The van der Waals surface area contributed by atoms with Crippen molar-refractivity contribution in [1.29, 1.82) is 0 Å². The number of hydrogen-bond acceptors (Lipinski definition) is 5. The molecule has 1 atom stereocenters. The summed E-state index contributed by atoms with van der Waals surface area (Å²) in [4.78, 5) is 29.4. The zero-order valence-corrected chi connectivity index (χ0v) is 19.2. The summed E-state index contributed by atoms with van der Waals surface area (Å²) in [5.41, 5.74) is 3.02. The fourth-order valence-electron chi connectivity index (χ4n) is 4.77. The Labute approximate surface area is 187 Å². The van der Waals surface area contributed by atoms with E-state index in [1.54, 1.807) is 18.4 Å². The van der Waals surface area contributed by atoms with E-state index in [4.69, 9.17) is 4.74 Å². The van der Waals surface area contributed by atoms with Crippen LogP contribution in [0.15, 0.2) is 18.3 Å². The fourth-order valence-corrected chi connectivity index (χ4v) is 6.07. The van der Waals surface area contributed by atoms with E-state index < -0.39 is 0 Å². The highest BCUT2D eigenvalue weighted by atomic mass is 32.1. The second-order valence-electron chi connectivity index (χ2n) is 8.38. The van der Waals surface area contributed by atoms with E-state index in [9.17, 15) is 9.59 Å². The molecule has 2 N–H and O–H groups in total. The molecule has 0 spiro atoms. The molecule has 1 fully saturated rings. The van der Waals surface area contributed by atoms with Gasteiger partial charge in [0.25, 0.3) is 5.91 Å². The third kappa shape index (κ3) is 4.86. The number of thiophene rings is 1. The number of nitrogens with zero attached hydrogens (tertiary/aromatic N) is 2. The van der Waals surface area contributed by atoms with Crippen LogP contribution in [-0.4, -0.2) is 54.6 Å². The van der Waals surface area contributed by atoms with E-state index in [-0.39, 0.29) is 17.9 Å². The fraction of sp³-hybridized carbons (Fsp3) is 0.565. The van der Waals surface area contributed by atoms with Gasteiger partial charge in [-0.3, -0.25) is 14.5 Å². The maximum absolute atomic E-state index is 13.0. The Morgan fingerprint density at radius 3 is 2.87 bits per heavy atom. The minimum atomic E-state index is -0.116. The predicted octanol–water partition coefficient (Wildman–Crippen LogP) is 3.12. The quantitative estimate of drug-likeness (QED) is 0.614. The smallest absolute Gasteiger partial charge is 0.254 e. The highest BCUT2D eigenvalue weighted by Gasteiger charge is 2.30. The molecular weight excluding hydrogens is 412 g/mol. The average Bonchev–Trinajstić information content (AvgIpc) is 3.46. The summed E-state index contributed by atoms with van der Waals surface area (Å²) < 4.78 is 7.19. The summed E-state index contributed by atoms with van der Waals surface area (Å²) in [6.45, 7) is 2.17. The van der Waals surface area contributed by atoms with Gasteiger partial charge in [-0.1, -0.05) is 0 Å². The van der Waals surface area contributed by atoms with E-state index in [0.717, 1.165) is 50.6 Å². The van der Waals surface area contributed by atoms with Gasteiger partial charge in [-0.05, 0) is 62.8 Å². The first kappa shape index (κ1) is 22.0. The largest absolute Gasteiger partial charge is 0.383 e. The van der Waals surface area contributed by atoms with Gasteiger partial charge in [0.1, 0.15) is 5.00 Å². The lowest BCUT2D eigenvalue weighted by molar-refractivity contribution is -0.117. The number of anilines is 1. The number of carbonyl (C=O) groups is 2. The van der Waals surface area contributed by atoms with Crippen molar-refractivity contribution in [2.75, 3.05) is 38.7 Å². The number of likely N-dealkylation sites (tertiary alicyclic amines) is 1. The van der Waals surface area contributed by atoms with Crippen LogP contribution in [0.5, 0.6) is 0 Å². The zero-order chi connectivity index (χ0) is 21.8. The van der Waals surface area contributed by atoms with Crippen LogP contribution in [0.2, 0.25) is 0 Å². The van der Waals surface area contributed by atoms with E-state index in [1.807, 2.05) is 0 Å². The van der Waals surface area contributed by atoms with Crippen LogP contribution in [-0.2, 0) is 29.4 Å². The van der Waals surface area contributed by atoms with Gasteiger partial charge in [0.2, 0.25) is 5.91 Å². The van der Waals surface area contributed by atoms with Crippen LogP contribution < -0.4 is 10.6 Å². The first-order valence-corrected chi connectivity index (χ1v) is 12.0. The van der Waals surface area contributed by atoms with Crippen molar-refractivity contribution in [3.8, 4) is 0 Å². The normalized spacial score (nSPS) is 18.7. The number of aryl methyl sites for hydroxylation is 2. The summed E-state index contributed by atoms with van der Waals surface area (Å²) in [5.74, 6) is -0.166. The standard InChI is InChI=1S/C23H32N4O3S/c1-26-12-5-8-17(26)18-9-6-13-27(18)15-20(28)25-23-21(22(29)24-11-14-30-2)16-7-3-4-10-19(16)31-23/h5,8,12,18H,3-4,6-7,9-11,13-15H2,1-2H3,(H,24,29)(H,25,28).